The van der Waals surface area contributed by atoms with Gasteiger partial charge in [-0.15, -0.1) is 0 Å². The van der Waals surface area contributed by atoms with Gasteiger partial charge in [0.2, 0.25) is 0 Å². The van der Waals surface area contributed by atoms with Gasteiger partial charge >= 0.3 is 11.9 Å². The van der Waals surface area contributed by atoms with E-state index in [9.17, 15) is 55.5 Å². The zero-order valence-electron chi connectivity index (χ0n) is 46.4. The molecule has 28 atom stereocenters. The molecule has 1 unspecified atom stereocenters. The van der Waals surface area contributed by atoms with Crippen LogP contribution >= 0.6 is 0 Å². The van der Waals surface area contributed by atoms with Crippen molar-refractivity contribution in [3.63, 3.8) is 0 Å². The van der Waals surface area contributed by atoms with E-state index < -0.39 is 165 Å². The molecule has 0 bridgehead atoms. The third kappa shape index (κ3) is 11.5. The molecule has 8 aliphatic rings. The van der Waals surface area contributed by atoms with E-state index in [1.807, 2.05) is 27.7 Å². The van der Waals surface area contributed by atoms with Crippen LogP contribution in [-0.4, -0.2) is 225 Å². The molecule has 0 radical (unpaired) electrons. The van der Waals surface area contributed by atoms with Crippen LogP contribution in [0.4, 0.5) is 0 Å². The summed E-state index contributed by atoms with van der Waals surface area (Å²) >= 11 is 0. The average molecular weight is 1110 g/mol. The predicted molar refractivity (Wildman–Crippen MR) is 265 cm³/mol. The number of aliphatic hydroxyl groups is 9. The molecule has 23 heteroatoms. The first-order chi connectivity index (χ1) is 36.2. The van der Waals surface area contributed by atoms with Crippen LogP contribution in [0.5, 0.6) is 0 Å². The van der Waals surface area contributed by atoms with Gasteiger partial charge in [0, 0.05) is 40.4 Å². The molecule has 23 nitrogen and oxygen atoms in total. The van der Waals surface area contributed by atoms with Gasteiger partial charge in [-0.2, -0.15) is 0 Å². The van der Waals surface area contributed by atoms with E-state index in [2.05, 4.69) is 6.92 Å². The molecule has 4 aliphatic heterocycles. The summed E-state index contributed by atoms with van der Waals surface area (Å²) in [5.74, 6) is -0.807. The molecule has 0 aromatic heterocycles. The van der Waals surface area contributed by atoms with Crippen molar-refractivity contribution in [2.24, 2.45) is 34.5 Å². The number of hydrogen-bond donors (Lipinski definition) is 9. The van der Waals surface area contributed by atoms with Gasteiger partial charge < -0.3 is 103 Å². The van der Waals surface area contributed by atoms with Crippen LogP contribution in [0.3, 0.4) is 0 Å². The first kappa shape index (κ1) is 61.3. The first-order valence-electron chi connectivity index (χ1n) is 28.0. The van der Waals surface area contributed by atoms with Crippen molar-refractivity contribution in [2.45, 2.75) is 266 Å². The Morgan fingerprint density at radius 2 is 1.25 bits per heavy atom. The van der Waals surface area contributed by atoms with Crippen molar-refractivity contribution in [1.82, 2.24) is 0 Å². The lowest BCUT2D eigenvalue weighted by Gasteiger charge is -2.66. The molecule has 9 N–H and O–H groups in total. The number of aliphatic hydroxyl groups excluding tert-OH is 7. The van der Waals surface area contributed by atoms with E-state index in [1.165, 1.54) is 14.0 Å². The first-order valence-corrected chi connectivity index (χ1v) is 28.0. The molecule has 8 rings (SSSR count). The SMILES string of the molecule is CO[C@H]1C[C@H](O[C@H]2CC[C@@]3(C)[C@@H](CC[C@@H]4[C@@H]3C[C@@H](OC(C)=O)[C@]3(C)[C@](O)(C(C)OC(=O)CC(C)C)CC[C@]43O)C2)O[C@H](C)[C@H]1O[C@H]1C[C@@H](OC)[C@H](O[C@@H]2O[C@H](CO[C@@H]3O[C@H](CO)[C@@H](O)[C@H](O)[C@H]3O)[C@@H](O)[C@H](O)[C@H]2O)[C@@H](C)O1. The number of methoxy groups -OCH3 is 2. The summed E-state index contributed by atoms with van der Waals surface area (Å²) in [5, 5.41) is 98.6. The molecule has 8 fully saturated rings. The minimum Gasteiger partial charge on any atom is -0.462 e. The summed E-state index contributed by atoms with van der Waals surface area (Å²) in [6, 6.07) is 0. The van der Waals surface area contributed by atoms with E-state index in [4.69, 9.17) is 56.8 Å². The van der Waals surface area contributed by atoms with E-state index >= 15 is 0 Å². The van der Waals surface area contributed by atoms with Crippen LogP contribution in [0.1, 0.15) is 126 Å². The lowest BCUT2D eigenvalue weighted by Crippen LogP contribution is -2.72. The second-order valence-corrected chi connectivity index (χ2v) is 24.4. The van der Waals surface area contributed by atoms with Crippen molar-refractivity contribution in [3.8, 4) is 0 Å². The van der Waals surface area contributed by atoms with Gasteiger partial charge in [-0.25, -0.2) is 0 Å². The summed E-state index contributed by atoms with van der Waals surface area (Å²) in [6.07, 6.45) is -17.4. The van der Waals surface area contributed by atoms with Gasteiger partial charge in [-0.3, -0.25) is 9.59 Å². The molecule has 0 aromatic carbocycles. The topological polar surface area (TPSA) is 327 Å². The lowest BCUT2D eigenvalue weighted by atomic mass is 9.42. The number of rotatable bonds is 17. The number of esters is 2. The number of fused-ring (bicyclic) bond motifs is 5. The van der Waals surface area contributed by atoms with Crippen LogP contribution in [0.2, 0.25) is 0 Å². The minimum absolute atomic E-state index is 0.0146. The van der Waals surface area contributed by atoms with E-state index in [0.29, 0.717) is 19.3 Å². The Kier molecular flexibility index (Phi) is 19.2. The zero-order valence-corrected chi connectivity index (χ0v) is 46.4. The van der Waals surface area contributed by atoms with E-state index in [1.54, 1.807) is 21.0 Å². The van der Waals surface area contributed by atoms with Crippen LogP contribution in [0.25, 0.3) is 0 Å². The van der Waals surface area contributed by atoms with Gasteiger partial charge in [0.25, 0.3) is 0 Å². The summed E-state index contributed by atoms with van der Waals surface area (Å²) < 4.78 is 73.2. The highest BCUT2D eigenvalue weighted by Crippen LogP contribution is 2.71. The quantitative estimate of drug-likeness (QED) is 0.0706. The molecule has 444 valence electrons. The molecule has 4 aliphatic carbocycles. The molecule has 77 heavy (non-hydrogen) atoms. The van der Waals surface area contributed by atoms with Gasteiger partial charge in [-0.1, -0.05) is 27.7 Å². The number of hydrogen-bond acceptors (Lipinski definition) is 23. The molecule has 4 saturated heterocycles. The highest BCUT2D eigenvalue weighted by atomic mass is 16.8. The van der Waals surface area contributed by atoms with Gasteiger partial charge in [0.15, 0.2) is 25.2 Å². The predicted octanol–water partition coefficient (Wildman–Crippen LogP) is 0.474. The molecular formula is C54H90O23. The number of carbonyl (C=O) groups excluding carboxylic acids is 2. The molecule has 4 heterocycles. The fourth-order valence-corrected chi connectivity index (χ4v) is 15.2. The normalized spacial score (nSPS) is 50.5. The summed E-state index contributed by atoms with van der Waals surface area (Å²) in [4.78, 5) is 25.7. The Hall–Kier alpha value is -1.82. The minimum atomic E-state index is -1.76. The Morgan fingerprint density at radius 1 is 0.662 bits per heavy atom. The second-order valence-electron chi connectivity index (χ2n) is 24.4. The van der Waals surface area contributed by atoms with Crippen LogP contribution in [-0.2, 0) is 66.4 Å². The highest BCUT2D eigenvalue weighted by molar-refractivity contribution is 5.70. The van der Waals surface area contributed by atoms with Crippen LogP contribution in [0.15, 0.2) is 0 Å². The monoisotopic (exact) mass is 1110 g/mol. The molecule has 0 amide bonds. The van der Waals surface area contributed by atoms with Crippen molar-refractivity contribution in [1.29, 1.82) is 0 Å². The third-order valence-electron chi connectivity index (χ3n) is 19.7. The summed E-state index contributed by atoms with van der Waals surface area (Å²) in [6.45, 7) is 13.4. The van der Waals surface area contributed by atoms with Crippen LogP contribution < -0.4 is 0 Å². The maximum absolute atomic E-state index is 13.1. The van der Waals surface area contributed by atoms with Gasteiger partial charge in [-0.05, 0) is 101 Å². The van der Waals surface area contributed by atoms with Gasteiger partial charge in [0.05, 0.1) is 54.7 Å². The van der Waals surface area contributed by atoms with Crippen molar-refractivity contribution >= 4 is 11.9 Å². The lowest BCUT2D eigenvalue weighted by molar-refractivity contribution is -0.360. The maximum Gasteiger partial charge on any atom is 0.306 e. The number of carbonyl (C=O) groups is 2. The smallest absolute Gasteiger partial charge is 0.306 e. The van der Waals surface area contributed by atoms with Crippen molar-refractivity contribution in [2.75, 3.05) is 27.4 Å². The Bertz CT molecular complexity index is 1980. The standard InChI is InChI=1S/C54H90O23/c1-24(2)17-38(57)71-27(5)53(64)15-16-54(65)31-12-11-29-18-30(13-14-51(29,7)32(31)19-37(52(53,54)8)72-28(6)56)73-39-20-33(66-9)47(25(3)69-39)76-40-21-34(67-10)48(26(4)70-40)77-50-46(63)44(61)42(59)36(75-50)23-68-49-45(62)43(60)41(58)35(22-55)74-49/h24-27,29-37,39-50,55,58-65H,11-23H2,1-10H3/t25-,26-,27?,29+,30+,31-,32+,33+,34-,35-,36-,37-,39+,40+,41-,42-,43+,44+,45-,46-,47-,48-,49-,50+,51+,52-,53-,54+/m1/s1. The molecular weight excluding hydrogens is 1020 g/mol. The van der Waals surface area contributed by atoms with E-state index in [0.717, 1.165) is 25.7 Å². The van der Waals surface area contributed by atoms with Crippen LogP contribution in [0, 0.1) is 34.5 Å². The molecule has 4 saturated carbocycles. The van der Waals surface area contributed by atoms with Crippen molar-refractivity contribution < 1.29 is 112 Å². The van der Waals surface area contributed by atoms with E-state index in [-0.39, 0.29) is 60.9 Å². The summed E-state index contributed by atoms with van der Waals surface area (Å²) in [5.41, 5.74) is -4.55. The van der Waals surface area contributed by atoms with Crippen molar-refractivity contribution in [3.05, 3.63) is 0 Å². The second kappa shape index (κ2) is 24.2. The third-order valence-corrected chi connectivity index (χ3v) is 19.7. The summed E-state index contributed by atoms with van der Waals surface area (Å²) in [7, 11) is 3.09. The largest absolute Gasteiger partial charge is 0.462 e. The average Bonchev–Trinajstić information content (AvgIpc) is 3.91. The molecule has 0 aromatic rings. The Morgan fingerprint density at radius 3 is 1.84 bits per heavy atom. The molecule has 0 spiro atoms. The fraction of sp³-hybridized carbons (Fsp3) is 0.963. The zero-order chi connectivity index (χ0) is 56.3. The Labute approximate surface area is 451 Å². The Balaban J connectivity index is 0.856. The van der Waals surface area contributed by atoms with Gasteiger partial charge in [0.1, 0.15) is 78.8 Å². The maximum atomic E-state index is 13.1. The number of ether oxygens (including phenoxy) is 12. The fourth-order valence-electron chi connectivity index (χ4n) is 15.2. The highest BCUT2D eigenvalue weighted by Gasteiger charge is 2.77.